The van der Waals surface area contributed by atoms with Gasteiger partial charge in [0.15, 0.2) is 0 Å². The van der Waals surface area contributed by atoms with Gasteiger partial charge in [-0.1, -0.05) is 19.5 Å². The number of nitrogens with zero attached hydrogens (tertiary/aromatic N) is 2. The number of amides is 2. The molecule has 2 amide bonds. The van der Waals surface area contributed by atoms with Crippen molar-refractivity contribution in [2.75, 3.05) is 14.1 Å². The quantitative estimate of drug-likeness (QED) is 0.686. The van der Waals surface area contributed by atoms with E-state index in [1.165, 1.54) is 0 Å². The summed E-state index contributed by atoms with van der Waals surface area (Å²) in [7, 11) is 1.13. The molecule has 0 bridgehead atoms. The van der Waals surface area contributed by atoms with Crippen molar-refractivity contribution in [2.45, 2.75) is 33.2 Å². The second kappa shape index (κ2) is 5.84. The summed E-state index contributed by atoms with van der Waals surface area (Å²) in [6.07, 6.45) is 0.891. The van der Waals surface area contributed by atoms with E-state index in [0.29, 0.717) is 12.8 Å². The van der Waals surface area contributed by atoms with E-state index in [-0.39, 0.29) is 11.8 Å². The van der Waals surface area contributed by atoms with Gasteiger partial charge in [-0.25, -0.2) is 0 Å². The summed E-state index contributed by atoms with van der Waals surface area (Å²) in [6, 6.07) is 0. The summed E-state index contributed by atoms with van der Waals surface area (Å²) in [5.74, 6) is 0.0923. The number of carbonyl (C=O) groups is 2. The minimum atomic E-state index is -2.37. The van der Waals surface area contributed by atoms with E-state index >= 15 is 0 Å². The van der Waals surface area contributed by atoms with Crippen molar-refractivity contribution in [3.05, 3.63) is 12.3 Å². The fraction of sp³-hybridized carbons (Fsp3) is 0.636. The lowest BCUT2D eigenvalue weighted by Crippen LogP contribution is -2.63. The van der Waals surface area contributed by atoms with Gasteiger partial charge in [0.05, 0.1) is 0 Å². The second-order valence-electron chi connectivity index (χ2n) is 3.91. The minimum absolute atomic E-state index is 0.0461. The molecule has 0 fully saturated rings. The number of rotatable bonds is 5. The molecule has 0 aliphatic carbocycles. The van der Waals surface area contributed by atoms with Gasteiger partial charge < -0.3 is 9.13 Å². The Balaban J connectivity index is 5.11. The molecule has 0 atom stereocenters. The fourth-order valence-corrected chi connectivity index (χ4v) is 3.80. The van der Waals surface area contributed by atoms with Crippen LogP contribution < -0.4 is 0 Å². The van der Waals surface area contributed by atoms with Crippen LogP contribution in [-0.4, -0.2) is 43.4 Å². The molecular formula is C11H22N2O2Si. The third-order valence-electron chi connectivity index (χ3n) is 3.10. The normalized spacial score (nSPS) is 10.8. The first-order valence-corrected chi connectivity index (χ1v) is 7.99. The van der Waals surface area contributed by atoms with E-state index in [0.717, 1.165) is 0 Å². The summed E-state index contributed by atoms with van der Waals surface area (Å²) >= 11 is 0. The van der Waals surface area contributed by atoms with Crippen LogP contribution in [0.1, 0.15) is 26.7 Å². The molecule has 0 radical (unpaired) electrons. The van der Waals surface area contributed by atoms with Crippen LogP contribution in [0.4, 0.5) is 0 Å². The van der Waals surface area contributed by atoms with Crippen molar-refractivity contribution >= 4 is 20.2 Å². The van der Waals surface area contributed by atoms with E-state index < -0.39 is 8.40 Å². The molecule has 0 saturated carbocycles. The lowest BCUT2D eigenvalue weighted by molar-refractivity contribution is -0.128. The van der Waals surface area contributed by atoms with Crippen LogP contribution in [0, 0.1) is 0 Å². The van der Waals surface area contributed by atoms with Crippen molar-refractivity contribution in [1.82, 2.24) is 9.13 Å². The lowest BCUT2D eigenvalue weighted by Gasteiger charge is -2.40. The zero-order valence-corrected chi connectivity index (χ0v) is 11.9. The molecule has 0 aromatic heterocycles. The van der Waals surface area contributed by atoms with Crippen LogP contribution in [0.3, 0.4) is 0 Å². The summed E-state index contributed by atoms with van der Waals surface area (Å²) in [5.41, 5.74) is 1.76. The first-order chi connectivity index (χ1) is 7.34. The highest BCUT2D eigenvalue weighted by molar-refractivity contribution is 6.81. The Morgan fingerprint density at radius 2 is 1.44 bits per heavy atom. The molecule has 0 rings (SSSR count). The maximum Gasteiger partial charge on any atom is 0.290 e. The van der Waals surface area contributed by atoms with Crippen LogP contribution >= 0.6 is 0 Å². The van der Waals surface area contributed by atoms with E-state index in [1.54, 1.807) is 28.9 Å². The Morgan fingerprint density at radius 1 is 1.12 bits per heavy atom. The van der Waals surface area contributed by atoms with Crippen molar-refractivity contribution in [3.8, 4) is 0 Å². The number of hydrogen-bond acceptors (Lipinski definition) is 2. The molecule has 5 heteroatoms. The first kappa shape index (κ1) is 14.9. The highest BCUT2D eigenvalue weighted by Crippen LogP contribution is 2.16. The lowest BCUT2D eigenvalue weighted by atomic mass is 10.5. The standard InChI is InChI=1S/C11H22N2O2Si/c1-7-10(14)12(4)16(6,9-3)13(5)11(15)8-2/h9H,3,7-8H2,1-2,4-6H3. The zero-order chi connectivity index (χ0) is 12.9. The van der Waals surface area contributed by atoms with Crippen molar-refractivity contribution in [3.63, 3.8) is 0 Å². The van der Waals surface area contributed by atoms with Gasteiger partial charge in [-0.3, -0.25) is 9.59 Å². The predicted molar refractivity (Wildman–Crippen MR) is 67.9 cm³/mol. The van der Waals surface area contributed by atoms with Crippen LogP contribution in [-0.2, 0) is 9.59 Å². The molecule has 4 nitrogen and oxygen atoms in total. The van der Waals surface area contributed by atoms with Crippen LogP contribution in [0.25, 0.3) is 0 Å². The van der Waals surface area contributed by atoms with Crippen LogP contribution in [0.15, 0.2) is 12.3 Å². The molecule has 0 aromatic rings. The summed E-state index contributed by atoms with van der Waals surface area (Å²) in [6.45, 7) is 9.36. The van der Waals surface area contributed by atoms with E-state index in [4.69, 9.17) is 0 Å². The molecule has 0 aliphatic rings. The van der Waals surface area contributed by atoms with Crippen LogP contribution in [0.5, 0.6) is 0 Å². The molecule has 16 heavy (non-hydrogen) atoms. The maximum absolute atomic E-state index is 11.7. The summed E-state index contributed by atoms with van der Waals surface area (Å²) < 4.78 is 3.38. The van der Waals surface area contributed by atoms with Gasteiger partial charge in [-0.05, 0) is 6.55 Å². The van der Waals surface area contributed by atoms with E-state index in [9.17, 15) is 9.59 Å². The Morgan fingerprint density at radius 3 is 1.62 bits per heavy atom. The number of carbonyl (C=O) groups excluding carboxylic acids is 2. The van der Waals surface area contributed by atoms with Gasteiger partial charge in [0, 0.05) is 26.9 Å². The summed E-state index contributed by atoms with van der Waals surface area (Å²) in [4.78, 5) is 23.4. The van der Waals surface area contributed by atoms with E-state index in [1.807, 2.05) is 20.4 Å². The third-order valence-corrected chi connectivity index (χ3v) is 7.09. The van der Waals surface area contributed by atoms with Gasteiger partial charge in [-0.15, -0.1) is 6.58 Å². The Kier molecular flexibility index (Phi) is 5.44. The molecule has 0 aromatic carbocycles. The van der Waals surface area contributed by atoms with Crippen molar-refractivity contribution in [2.24, 2.45) is 0 Å². The largest absolute Gasteiger partial charge is 0.351 e. The third kappa shape index (κ3) is 2.72. The SMILES string of the molecule is C=C[Si](C)(N(C)C(=O)CC)N(C)C(=O)CC. The average Bonchev–Trinajstić information content (AvgIpc) is 2.33. The monoisotopic (exact) mass is 242 g/mol. The van der Waals surface area contributed by atoms with Gasteiger partial charge in [0.25, 0.3) is 8.40 Å². The topological polar surface area (TPSA) is 40.6 Å². The molecule has 92 valence electrons. The minimum Gasteiger partial charge on any atom is -0.351 e. The van der Waals surface area contributed by atoms with E-state index in [2.05, 4.69) is 6.58 Å². The highest BCUT2D eigenvalue weighted by Gasteiger charge is 2.39. The summed E-state index contributed by atoms with van der Waals surface area (Å²) in [5, 5.41) is 0. The zero-order valence-electron chi connectivity index (χ0n) is 10.9. The highest BCUT2D eigenvalue weighted by atomic mass is 28.3. The predicted octanol–water partition coefficient (Wildman–Crippen LogP) is 1.52. The Labute approximate surface area is 99.1 Å². The van der Waals surface area contributed by atoms with Crippen molar-refractivity contribution < 1.29 is 9.59 Å². The van der Waals surface area contributed by atoms with Gasteiger partial charge in [-0.2, -0.15) is 0 Å². The van der Waals surface area contributed by atoms with Crippen LogP contribution in [0.2, 0.25) is 6.55 Å². The van der Waals surface area contributed by atoms with Gasteiger partial charge in [0.2, 0.25) is 11.8 Å². The molecule has 0 unspecified atom stereocenters. The van der Waals surface area contributed by atoms with Gasteiger partial charge in [0.1, 0.15) is 0 Å². The molecule has 0 saturated heterocycles. The second-order valence-corrected chi connectivity index (χ2v) is 7.85. The smallest absolute Gasteiger partial charge is 0.290 e. The molecule has 0 spiro atoms. The molecule has 0 heterocycles. The Hall–Kier alpha value is -1.10. The maximum atomic E-state index is 11.7. The molecular weight excluding hydrogens is 220 g/mol. The molecule has 0 aliphatic heterocycles. The average molecular weight is 242 g/mol. The number of hydrogen-bond donors (Lipinski definition) is 0. The first-order valence-electron chi connectivity index (χ1n) is 5.52. The Bertz CT molecular complexity index is 270. The molecule has 0 N–H and O–H groups in total. The van der Waals surface area contributed by atoms with Crippen molar-refractivity contribution in [1.29, 1.82) is 0 Å². The van der Waals surface area contributed by atoms with Gasteiger partial charge >= 0.3 is 0 Å². The fourth-order valence-electron chi connectivity index (χ4n) is 1.48.